The fourth-order valence-electron chi connectivity index (χ4n) is 1.88. The molecular weight excluding hydrogens is 188 g/mol. The van der Waals surface area contributed by atoms with Gasteiger partial charge in [-0.25, -0.2) is 0 Å². The van der Waals surface area contributed by atoms with E-state index in [9.17, 15) is 0 Å². The molecule has 0 aliphatic carbocycles. The zero-order chi connectivity index (χ0) is 10.7. The van der Waals surface area contributed by atoms with E-state index in [1.807, 2.05) is 24.3 Å². The van der Waals surface area contributed by atoms with E-state index in [2.05, 4.69) is 12.2 Å². The Hall–Kier alpha value is -1.22. The van der Waals surface area contributed by atoms with E-state index in [1.54, 1.807) is 0 Å². The molecule has 1 heterocycles. The highest BCUT2D eigenvalue weighted by Crippen LogP contribution is 2.26. The van der Waals surface area contributed by atoms with Gasteiger partial charge in [0.05, 0.1) is 0 Å². The van der Waals surface area contributed by atoms with Crippen LogP contribution in [0.2, 0.25) is 0 Å². The van der Waals surface area contributed by atoms with Crippen molar-refractivity contribution in [3.8, 4) is 5.75 Å². The summed E-state index contributed by atoms with van der Waals surface area (Å²) >= 11 is 0. The molecule has 3 nitrogen and oxygen atoms in total. The van der Waals surface area contributed by atoms with Gasteiger partial charge in [-0.2, -0.15) is 0 Å². The molecule has 1 aromatic rings. The summed E-state index contributed by atoms with van der Waals surface area (Å²) in [6.07, 6.45) is 2.11. The fraction of sp³-hybridized carbons (Fsp3) is 0.500. The van der Waals surface area contributed by atoms with Crippen LogP contribution in [-0.2, 0) is 0 Å². The molecule has 0 unspecified atom stereocenters. The Morgan fingerprint density at radius 1 is 1.20 bits per heavy atom. The van der Waals surface area contributed by atoms with Gasteiger partial charge in [-0.1, -0.05) is 0 Å². The first-order chi connectivity index (χ1) is 7.18. The van der Waals surface area contributed by atoms with Crippen molar-refractivity contribution in [3.05, 3.63) is 24.3 Å². The lowest BCUT2D eigenvalue weighted by Gasteiger charge is -2.34. The lowest BCUT2D eigenvalue weighted by Crippen LogP contribution is -2.43. The standard InChI is InChI=1S/C12H18N2O/c1-12(6-8-14-9-7-12)15-11-4-2-10(13)3-5-11/h2-5,14H,6-9,13H2,1H3. The molecule has 1 fully saturated rings. The molecule has 0 saturated carbocycles. The van der Waals surface area contributed by atoms with Gasteiger partial charge in [0.1, 0.15) is 11.4 Å². The molecule has 0 atom stereocenters. The number of rotatable bonds is 2. The van der Waals surface area contributed by atoms with Gasteiger partial charge < -0.3 is 15.8 Å². The van der Waals surface area contributed by atoms with E-state index in [4.69, 9.17) is 10.5 Å². The maximum absolute atomic E-state index is 6.00. The predicted molar refractivity (Wildman–Crippen MR) is 62.0 cm³/mol. The van der Waals surface area contributed by atoms with Crippen LogP contribution in [0.3, 0.4) is 0 Å². The van der Waals surface area contributed by atoms with Gasteiger partial charge in [0.2, 0.25) is 0 Å². The highest BCUT2D eigenvalue weighted by atomic mass is 16.5. The monoisotopic (exact) mass is 206 g/mol. The van der Waals surface area contributed by atoms with Crippen LogP contribution in [0.1, 0.15) is 19.8 Å². The van der Waals surface area contributed by atoms with Crippen LogP contribution in [0.5, 0.6) is 5.75 Å². The highest BCUT2D eigenvalue weighted by molar-refractivity contribution is 5.41. The van der Waals surface area contributed by atoms with Crippen LogP contribution in [0, 0.1) is 0 Å². The smallest absolute Gasteiger partial charge is 0.120 e. The SMILES string of the molecule is CC1(Oc2ccc(N)cc2)CCNCC1. The average Bonchev–Trinajstić information content (AvgIpc) is 2.22. The summed E-state index contributed by atoms with van der Waals surface area (Å²) in [5, 5.41) is 3.33. The van der Waals surface area contributed by atoms with Crippen LogP contribution < -0.4 is 15.8 Å². The van der Waals surface area contributed by atoms with Gasteiger partial charge in [-0.15, -0.1) is 0 Å². The molecule has 15 heavy (non-hydrogen) atoms. The Bertz CT molecular complexity index is 315. The quantitative estimate of drug-likeness (QED) is 0.725. The number of nitrogens with two attached hydrogens (primary N) is 1. The van der Waals surface area contributed by atoms with Crippen molar-refractivity contribution in [3.63, 3.8) is 0 Å². The zero-order valence-electron chi connectivity index (χ0n) is 9.12. The van der Waals surface area contributed by atoms with Gasteiger partial charge in [0.15, 0.2) is 0 Å². The Balaban J connectivity index is 2.03. The number of anilines is 1. The summed E-state index contributed by atoms with van der Waals surface area (Å²) in [5.74, 6) is 0.911. The number of ether oxygens (including phenoxy) is 1. The Kier molecular flexibility index (Phi) is 2.82. The first-order valence-electron chi connectivity index (χ1n) is 5.43. The number of nitrogen functional groups attached to an aromatic ring is 1. The summed E-state index contributed by atoms with van der Waals surface area (Å²) < 4.78 is 6.00. The Labute approximate surface area is 90.6 Å². The Morgan fingerprint density at radius 2 is 1.80 bits per heavy atom. The van der Waals surface area contributed by atoms with Gasteiger partial charge in [-0.05, 0) is 57.1 Å². The number of piperidine rings is 1. The van der Waals surface area contributed by atoms with Crippen LogP contribution in [-0.4, -0.2) is 18.7 Å². The van der Waals surface area contributed by atoms with Crippen molar-refractivity contribution in [1.82, 2.24) is 5.32 Å². The molecule has 2 rings (SSSR count). The highest BCUT2D eigenvalue weighted by Gasteiger charge is 2.28. The second kappa shape index (κ2) is 4.11. The van der Waals surface area contributed by atoms with E-state index in [0.717, 1.165) is 37.4 Å². The van der Waals surface area contributed by atoms with Gasteiger partial charge in [0.25, 0.3) is 0 Å². The molecule has 3 N–H and O–H groups in total. The first kappa shape index (κ1) is 10.3. The molecule has 0 radical (unpaired) electrons. The molecule has 1 saturated heterocycles. The molecule has 1 aliphatic heterocycles. The number of hydrogen-bond acceptors (Lipinski definition) is 3. The summed E-state index contributed by atoms with van der Waals surface area (Å²) in [5.41, 5.74) is 6.38. The van der Waals surface area contributed by atoms with Crippen LogP contribution >= 0.6 is 0 Å². The summed E-state index contributed by atoms with van der Waals surface area (Å²) in [7, 11) is 0. The lowest BCUT2D eigenvalue weighted by molar-refractivity contribution is 0.0556. The van der Waals surface area contributed by atoms with Crippen molar-refractivity contribution in [2.24, 2.45) is 0 Å². The molecule has 82 valence electrons. The average molecular weight is 206 g/mol. The van der Waals surface area contributed by atoms with Crippen molar-refractivity contribution >= 4 is 5.69 Å². The maximum atomic E-state index is 6.00. The van der Waals surface area contributed by atoms with E-state index >= 15 is 0 Å². The first-order valence-corrected chi connectivity index (χ1v) is 5.43. The third-order valence-corrected chi connectivity index (χ3v) is 2.91. The fourth-order valence-corrected chi connectivity index (χ4v) is 1.88. The molecular formula is C12H18N2O. The molecule has 1 aromatic carbocycles. The van der Waals surface area contributed by atoms with Gasteiger partial charge in [-0.3, -0.25) is 0 Å². The molecule has 0 aromatic heterocycles. The summed E-state index contributed by atoms with van der Waals surface area (Å²) in [6, 6.07) is 7.62. The van der Waals surface area contributed by atoms with E-state index in [1.165, 1.54) is 0 Å². The van der Waals surface area contributed by atoms with Gasteiger partial charge >= 0.3 is 0 Å². The zero-order valence-corrected chi connectivity index (χ0v) is 9.12. The minimum Gasteiger partial charge on any atom is -0.487 e. The molecule has 3 heteroatoms. The van der Waals surface area contributed by atoms with Crippen LogP contribution in [0.15, 0.2) is 24.3 Å². The number of benzene rings is 1. The second-order valence-corrected chi connectivity index (χ2v) is 4.37. The van der Waals surface area contributed by atoms with Crippen LogP contribution in [0.25, 0.3) is 0 Å². The minimum absolute atomic E-state index is 0.0264. The molecule has 0 amide bonds. The molecule has 1 aliphatic rings. The largest absolute Gasteiger partial charge is 0.487 e. The van der Waals surface area contributed by atoms with Crippen molar-refractivity contribution in [2.45, 2.75) is 25.4 Å². The van der Waals surface area contributed by atoms with Gasteiger partial charge in [0, 0.05) is 5.69 Å². The predicted octanol–water partition coefficient (Wildman–Crippen LogP) is 1.79. The third-order valence-electron chi connectivity index (χ3n) is 2.91. The minimum atomic E-state index is -0.0264. The van der Waals surface area contributed by atoms with Crippen molar-refractivity contribution in [1.29, 1.82) is 0 Å². The second-order valence-electron chi connectivity index (χ2n) is 4.37. The summed E-state index contributed by atoms with van der Waals surface area (Å²) in [4.78, 5) is 0. The lowest BCUT2D eigenvalue weighted by atomic mass is 9.94. The van der Waals surface area contributed by atoms with Crippen molar-refractivity contribution < 1.29 is 4.74 Å². The number of nitrogens with one attached hydrogen (secondary N) is 1. The third kappa shape index (κ3) is 2.63. The van der Waals surface area contributed by atoms with E-state index < -0.39 is 0 Å². The molecule has 0 bridgehead atoms. The number of hydrogen-bond donors (Lipinski definition) is 2. The van der Waals surface area contributed by atoms with E-state index in [-0.39, 0.29) is 5.60 Å². The normalized spacial score (nSPS) is 19.8. The van der Waals surface area contributed by atoms with Crippen molar-refractivity contribution in [2.75, 3.05) is 18.8 Å². The topological polar surface area (TPSA) is 47.3 Å². The summed E-state index contributed by atoms with van der Waals surface area (Å²) in [6.45, 7) is 4.24. The Morgan fingerprint density at radius 3 is 2.40 bits per heavy atom. The van der Waals surface area contributed by atoms with Crippen LogP contribution in [0.4, 0.5) is 5.69 Å². The maximum Gasteiger partial charge on any atom is 0.120 e. The molecule has 0 spiro atoms. The van der Waals surface area contributed by atoms with E-state index in [0.29, 0.717) is 0 Å².